The van der Waals surface area contributed by atoms with Gasteiger partial charge in [-0.2, -0.15) is 0 Å². The molecular weight excluding hydrogens is 270 g/mol. The van der Waals surface area contributed by atoms with Crippen LogP contribution in [-0.4, -0.2) is 31.0 Å². The minimum absolute atomic E-state index is 0.170. The average molecular weight is 311 g/mol. The van der Waals surface area contributed by atoms with Gasteiger partial charge in [-0.3, -0.25) is 4.48 Å². The van der Waals surface area contributed by atoms with E-state index in [2.05, 4.69) is 13.5 Å². The van der Waals surface area contributed by atoms with Crippen LogP contribution in [0.25, 0.3) is 0 Å². The molecule has 0 fully saturated rings. The number of carbonyl (C=O) groups is 1. The van der Waals surface area contributed by atoms with Gasteiger partial charge in [0.2, 0.25) is 0 Å². The summed E-state index contributed by atoms with van der Waals surface area (Å²) >= 11 is 0. The third-order valence-corrected chi connectivity index (χ3v) is 4.49. The summed E-state index contributed by atoms with van der Waals surface area (Å²) in [5, 5.41) is 0. The van der Waals surface area contributed by atoms with E-state index in [0.717, 1.165) is 13.0 Å². The maximum absolute atomic E-state index is 12.0. The van der Waals surface area contributed by atoms with Crippen LogP contribution >= 0.6 is 0 Å². The lowest BCUT2D eigenvalue weighted by Gasteiger charge is -2.26. The van der Waals surface area contributed by atoms with Gasteiger partial charge in [-0.05, 0) is 19.8 Å². The van der Waals surface area contributed by atoms with Gasteiger partial charge in [-0.15, -0.1) is 0 Å². The van der Waals surface area contributed by atoms with E-state index in [1.54, 1.807) is 0 Å². The fourth-order valence-electron chi connectivity index (χ4n) is 2.97. The molecule has 0 aromatic rings. The topological polar surface area (TPSA) is 17.1 Å². The van der Waals surface area contributed by atoms with Gasteiger partial charge in [-0.25, -0.2) is 4.79 Å². The molecule has 0 rings (SSSR count). The van der Waals surface area contributed by atoms with Crippen LogP contribution in [0.3, 0.4) is 0 Å². The van der Waals surface area contributed by atoms with Crippen LogP contribution in [0.1, 0.15) is 90.9 Å². The number of carbonyl (C=O) groups excluding carboxylic acids is 1. The van der Waals surface area contributed by atoms with Gasteiger partial charge in [-0.1, -0.05) is 77.7 Å². The molecule has 0 aliphatic rings. The van der Waals surface area contributed by atoms with Gasteiger partial charge < -0.3 is 0 Å². The van der Waals surface area contributed by atoms with Crippen molar-refractivity contribution in [3.63, 3.8) is 0 Å². The lowest BCUT2D eigenvalue weighted by Crippen LogP contribution is -2.46. The Morgan fingerprint density at radius 3 is 1.50 bits per heavy atom. The number of amides is 1. The van der Waals surface area contributed by atoms with Crippen molar-refractivity contribution in [3.8, 4) is 0 Å². The standard InChI is InChI=1S/C20H40NO/c1-6-7-8-9-10-11-12-13-14-15-16-17-18-21(4,5)20(22)19(2)3/h2,6-18H2,1,3-5H3/q+1. The van der Waals surface area contributed by atoms with E-state index in [4.69, 9.17) is 0 Å². The van der Waals surface area contributed by atoms with E-state index in [1.165, 1.54) is 70.6 Å². The highest BCUT2D eigenvalue weighted by Gasteiger charge is 2.25. The van der Waals surface area contributed by atoms with Gasteiger partial charge in [0.05, 0.1) is 20.6 Å². The van der Waals surface area contributed by atoms with Gasteiger partial charge in [0.1, 0.15) is 0 Å². The normalized spacial score (nSPS) is 11.6. The van der Waals surface area contributed by atoms with Crippen LogP contribution in [0.2, 0.25) is 0 Å². The van der Waals surface area contributed by atoms with Crippen LogP contribution in [-0.2, 0) is 4.79 Å². The molecule has 2 nitrogen and oxygen atoms in total. The molecule has 0 spiro atoms. The molecule has 0 aliphatic carbocycles. The lowest BCUT2D eigenvalue weighted by atomic mass is 10.1. The van der Waals surface area contributed by atoms with Crippen LogP contribution in [0.5, 0.6) is 0 Å². The molecule has 0 bridgehead atoms. The minimum atomic E-state index is 0.170. The van der Waals surface area contributed by atoms with E-state index < -0.39 is 0 Å². The van der Waals surface area contributed by atoms with Crippen molar-refractivity contribution in [2.75, 3.05) is 20.6 Å². The Kier molecular flexibility index (Phi) is 12.5. The number of unbranched alkanes of at least 4 members (excludes halogenated alkanes) is 11. The molecule has 0 unspecified atom stereocenters. The molecule has 0 N–H and O–H groups in total. The molecular formula is C20H40NO+. The van der Waals surface area contributed by atoms with Crippen molar-refractivity contribution in [2.24, 2.45) is 0 Å². The Morgan fingerprint density at radius 2 is 1.14 bits per heavy atom. The van der Waals surface area contributed by atoms with Crippen molar-refractivity contribution in [3.05, 3.63) is 12.2 Å². The summed E-state index contributed by atoms with van der Waals surface area (Å²) in [5.74, 6) is 0.170. The highest BCUT2D eigenvalue weighted by Crippen LogP contribution is 2.13. The van der Waals surface area contributed by atoms with E-state index in [9.17, 15) is 4.79 Å². The zero-order valence-corrected chi connectivity index (χ0v) is 15.8. The summed E-state index contributed by atoms with van der Waals surface area (Å²) in [6.45, 7) is 8.78. The first-order chi connectivity index (χ1) is 10.4. The van der Waals surface area contributed by atoms with Crippen molar-refractivity contribution in [1.82, 2.24) is 0 Å². The number of hydrogen-bond acceptors (Lipinski definition) is 1. The third-order valence-electron chi connectivity index (χ3n) is 4.49. The second-order valence-corrected chi connectivity index (χ2v) is 7.38. The maximum atomic E-state index is 12.0. The number of quaternary nitrogens is 1. The van der Waals surface area contributed by atoms with E-state index in [-0.39, 0.29) is 5.91 Å². The van der Waals surface area contributed by atoms with Crippen LogP contribution < -0.4 is 0 Å². The molecule has 130 valence electrons. The second-order valence-electron chi connectivity index (χ2n) is 7.38. The van der Waals surface area contributed by atoms with Gasteiger partial charge >= 0.3 is 5.91 Å². The Balaban J connectivity index is 3.40. The number of hydrogen-bond donors (Lipinski definition) is 0. The summed E-state index contributed by atoms with van der Waals surface area (Å²) in [4.78, 5) is 12.0. The SMILES string of the molecule is C=C(C)C(=O)[N+](C)(C)CCCCCCCCCCCCCC. The predicted molar refractivity (Wildman–Crippen MR) is 97.9 cm³/mol. The molecule has 0 aromatic heterocycles. The van der Waals surface area contributed by atoms with Gasteiger partial charge in [0.25, 0.3) is 0 Å². The first-order valence-corrected chi connectivity index (χ1v) is 9.45. The Hall–Kier alpha value is -0.630. The zero-order valence-electron chi connectivity index (χ0n) is 15.8. The van der Waals surface area contributed by atoms with Crippen molar-refractivity contribution in [2.45, 2.75) is 90.9 Å². The zero-order chi connectivity index (χ0) is 16.8. The minimum Gasteiger partial charge on any atom is -0.261 e. The molecule has 1 amide bonds. The highest BCUT2D eigenvalue weighted by molar-refractivity contribution is 5.86. The first-order valence-electron chi connectivity index (χ1n) is 9.45. The maximum Gasteiger partial charge on any atom is 0.340 e. The van der Waals surface area contributed by atoms with E-state index in [1.807, 2.05) is 21.0 Å². The first kappa shape index (κ1) is 21.4. The van der Waals surface area contributed by atoms with Crippen molar-refractivity contribution < 1.29 is 9.28 Å². The lowest BCUT2D eigenvalue weighted by molar-refractivity contribution is -0.812. The van der Waals surface area contributed by atoms with Crippen LogP contribution in [0.4, 0.5) is 0 Å². The average Bonchev–Trinajstić information content (AvgIpc) is 2.47. The number of rotatable bonds is 14. The summed E-state index contributed by atoms with van der Waals surface area (Å²) in [6, 6.07) is 0. The Morgan fingerprint density at radius 1 is 0.773 bits per heavy atom. The summed E-state index contributed by atoms with van der Waals surface area (Å²) in [6.07, 6.45) is 16.3. The van der Waals surface area contributed by atoms with Crippen LogP contribution in [0.15, 0.2) is 12.2 Å². The molecule has 0 aliphatic heterocycles. The fourth-order valence-corrected chi connectivity index (χ4v) is 2.97. The predicted octanol–water partition coefficient (Wildman–Crippen LogP) is 5.87. The van der Waals surface area contributed by atoms with Gasteiger partial charge in [0, 0.05) is 5.57 Å². The molecule has 0 saturated carbocycles. The van der Waals surface area contributed by atoms with Crippen molar-refractivity contribution >= 4 is 5.91 Å². The molecule has 0 atom stereocenters. The summed E-state index contributed by atoms with van der Waals surface area (Å²) in [5.41, 5.74) is 0.670. The number of nitrogens with zero attached hydrogens (tertiary/aromatic N) is 1. The Labute approximate surface area is 139 Å². The second kappa shape index (κ2) is 12.9. The molecule has 2 heteroatoms. The fraction of sp³-hybridized carbons (Fsp3) is 0.850. The summed E-state index contributed by atoms with van der Waals surface area (Å²) in [7, 11) is 3.99. The quantitative estimate of drug-likeness (QED) is 0.223. The van der Waals surface area contributed by atoms with Crippen molar-refractivity contribution in [1.29, 1.82) is 0 Å². The molecule has 0 heterocycles. The van der Waals surface area contributed by atoms with E-state index >= 15 is 0 Å². The largest absolute Gasteiger partial charge is 0.340 e. The molecule has 22 heavy (non-hydrogen) atoms. The third kappa shape index (κ3) is 11.0. The number of likely N-dealkylation sites (N-methyl/N-ethyl adjacent to an activating group) is 1. The monoisotopic (exact) mass is 310 g/mol. The van der Waals surface area contributed by atoms with Gasteiger partial charge in [0.15, 0.2) is 0 Å². The molecule has 0 saturated heterocycles. The van der Waals surface area contributed by atoms with Crippen LogP contribution in [0, 0.1) is 0 Å². The molecule has 0 radical (unpaired) electrons. The Bertz CT molecular complexity index is 307. The highest BCUT2D eigenvalue weighted by atomic mass is 16.2. The summed E-state index contributed by atoms with van der Waals surface area (Å²) < 4.78 is 0.451. The smallest absolute Gasteiger partial charge is 0.261 e. The molecule has 0 aromatic carbocycles. The van der Waals surface area contributed by atoms with E-state index in [0.29, 0.717) is 10.1 Å².